The molecule has 18 heavy (non-hydrogen) atoms. The standard InChI is InChI=1S/C13H16FNO3/c1-8(10-4-5-18-7-10)15-12-6-9(13(16)17)2-3-11(12)14/h2-3,6,8,10,15H,4-5,7H2,1H3,(H,16,17). The lowest BCUT2D eigenvalue weighted by Gasteiger charge is -2.21. The van der Waals surface area contributed by atoms with Crippen molar-refractivity contribution in [3.05, 3.63) is 29.6 Å². The summed E-state index contributed by atoms with van der Waals surface area (Å²) in [7, 11) is 0. The number of nitrogens with one attached hydrogen (secondary N) is 1. The van der Waals surface area contributed by atoms with Crippen LogP contribution in [0.3, 0.4) is 0 Å². The highest BCUT2D eigenvalue weighted by molar-refractivity contribution is 5.88. The molecule has 0 saturated carbocycles. The lowest BCUT2D eigenvalue weighted by Crippen LogP contribution is -2.26. The second-order valence-corrected chi connectivity index (χ2v) is 4.56. The van der Waals surface area contributed by atoms with Crippen LogP contribution in [0.4, 0.5) is 10.1 Å². The van der Waals surface area contributed by atoms with Crippen molar-refractivity contribution < 1.29 is 19.0 Å². The molecule has 0 spiro atoms. The van der Waals surface area contributed by atoms with E-state index in [0.717, 1.165) is 13.0 Å². The zero-order valence-electron chi connectivity index (χ0n) is 10.1. The molecule has 1 aliphatic rings. The number of ether oxygens (including phenoxy) is 1. The lowest BCUT2D eigenvalue weighted by molar-refractivity contribution is 0.0697. The Labute approximate surface area is 105 Å². The molecule has 1 aromatic carbocycles. The average molecular weight is 253 g/mol. The molecule has 0 aromatic heterocycles. The molecule has 0 radical (unpaired) electrons. The van der Waals surface area contributed by atoms with E-state index >= 15 is 0 Å². The maximum atomic E-state index is 13.6. The summed E-state index contributed by atoms with van der Waals surface area (Å²) in [5, 5.41) is 11.9. The molecule has 2 unspecified atom stereocenters. The molecule has 2 rings (SSSR count). The van der Waals surface area contributed by atoms with Crippen LogP contribution in [0.5, 0.6) is 0 Å². The van der Waals surface area contributed by atoms with Crippen LogP contribution in [0.1, 0.15) is 23.7 Å². The predicted octanol–water partition coefficient (Wildman–Crippen LogP) is 2.36. The smallest absolute Gasteiger partial charge is 0.335 e. The van der Waals surface area contributed by atoms with Crippen molar-refractivity contribution in [1.82, 2.24) is 0 Å². The first kappa shape index (κ1) is 12.8. The minimum absolute atomic E-state index is 0.0473. The van der Waals surface area contributed by atoms with Gasteiger partial charge < -0.3 is 15.2 Å². The van der Waals surface area contributed by atoms with E-state index < -0.39 is 11.8 Å². The summed E-state index contributed by atoms with van der Waals surface area (Å²) in [6, 6.07) is 3.80. The molecule has 98 valence electrons. The van der Waals surface area contributed by atoms with Crippen LogP contribution in [-0.4, -0.2) is 30.3 Å². The fourth-order valence-corrected chi connectivity index (χ4v) is 2.08. The number of carbonyl (C=O) groups is 1. The van der Waals surface area contributed by atoms with Gasteiger partial charge in [0.25, 0.3) is 0 Å². The van der Waals surface area contributed by atoms with Gasteiger partial charge in [0, 0.05) is 18.6 Å². The molecule has 1 saturated heterocycles. The second-order valence-electron chi connectivity index (χ2n) is 4.56. The largest absolute Gasteiger partial charge is 0.478 e. The van der Waals surface area contributed by atoms with E-state index in [-0.39, 0.29) is 17.3 Å². The molecule has 1 aromatic rings. The van der Waals surface area contributed by atoms with Crippen molar-refractivity contribution in [2.45, 2.75) is 19.4 Å². The minimum atomic E-state index is -1.06. The van der Waals surface area contributed by atoms with Crippen LogP contribution in [0, 0.1) is 11.7 Å². The van der Waals surface area contributed by atoms with Gasteiger partial charge >= 0.3 is 5.97 Å². The van der Waals surface area contributed by atoms with E-state index in [0.29, 0.717) is 12.5 Å². The van der Waals surface area contributed by atoms with Crippen molar-refractivity contribution in [3.8, 4) is 0 Å². The number of aromatic carboxylic acids is 1. The number of rotatable bonds is 4. The molecule has 0 amide bonds. The van der Waals surface area contributed by atoms with Crippen LogP contribution < -0.4 is 5.32 Å². The molecule has 2 N–H and O–H groups in total. The summed E-state index contributed by atoms with van der Waals surface area (Å²) in [4.78, 5) is 10.8. The Kier molecular flexibility index (Phi) is 3.81. The molecule has 4 nitrogen and oxygen atoms in total. The van der Waals surface area contributed by atoms with Gasteiger partial charge in [-0.25, -0.2) is 9.18 Å². The van der Waals surface area contributed by atoms with Crippen molar-refractivity contribution in [1.29, 1.82) is 0 Å². The molecular weight excluding hydrogens is 237 g/mol. The lowest BCUT2D eigenvalue weighted by atomic mass is 10.0. The first-order chi connectivity index (χ1) is 8.58. The van der Waals surface area contributed by atoms with E-state index in [4.69, 9.17) is 9.84 Å². The van der Waals surface area contributed by atoms with Crippen LogP contribution in [0.2, 0.25) is 0 Å². The minimum Gasteiger partial charge on any atom is -0.478 e. The summed E-state index contributed by atoms with van der Waals surface area (Å²) in [6.07, 6.45) is 0.939. The van der Waals surface area contributed by atoms with Crippen LogP contribution >= 0.6 is 0 Å². The Hall–Kier alpha value is -1.62. The first-order valence-electron chi connectivity index (χ1n) is 5.95. The third-order valence-electron chi connectivity index (χ3n) is 3.27. The number of hydrogen-bond donors (Lipinski definition) is 2. The maximum Gasteiger partial charge on any atom is 0.335 e. The Morgan fingerprint density at radius 2 is 2.39 bits per heavy atom. The maximum absolute atomic E-state index is 13.6. The predicted molar refractivity (Wildman–Crippen MR) is 65.4 cm³/mol. The van der Waals surface area contributed by atoms with Gasteiger partial charge in [0.05, 0.1) is 17.9 Å². The SMILES string of the molecule is CC(Nc1cc(C(=O)O)ccc1F)C1CCOC1. The van der Waals surface area contributed by atoms with E-state index in [1.54, 1.807) is 0 Å². The van der Waals surface area contributed by atoms with Gasteiger partial charge in [-0.2, -0.15) is 0 Å². The summed E-state index contributed by atoms with van der Waals surface area (Å²) < 4.78 is 18.9. The molecule has 0 aliphatic carbocycles. The van der Waals surface area contributed by atoms with E-state index in [1.165, 1.54) is 18.2 Å². The number of carboxylic acid groups (broad SMARTS) is 1. The van der Waals surface area contributed by atoms with E-state index in [9.17, 15) is 9.18 Å². The quantitative estimate of drug-likeness (QED) is 0.864. The van der Waals surface area contributed by atoms with E-state index in [2.05, 4.69) is 5.32 Å². The Bertz CT molecular complexity index is 444. The molecule has 0 bridgehead atoms. The second kappa shape index (κ2) is 5.35. The van der Waals surface area contributed by atoms with Gasteiger partial charge in [0.1, 0.15) is 5.82 Å². The summed E-state index contributed by atoms with van der Waals surface area (Å²) in [5.74, 6) is -1.17. The highest BCUT2D eigenvalue weighted by Gasteiger charge is 2.23. The zero-order chi connectivity index (χ0) is 13.1. The fourth-order valence-electron chi connectivity index (χ4n) is 2.08. The van der Waals surface area contributed by atoms with Gasteiger partial charge in [-0.3, -0.25) is 0 Å². The zero-order valence-corrected chi connectivity index (χ0v) is 10.1. The topological polar surface area (TPSA) is 58.6 Å². The Balaban J connectivity index is 2.12. The van der Waals surface area contributed by atoms with Crippen LogP contribution in [-0.2, 0) is 4.74 Å². The van der Waals surface area contributed by atoms with Gasteiger partial charge in [0.15, 0.2) is 0 Å². The number of halogens is 1. The molecule has 5 heteroatoms. The fraction of sp³-hybridized carbons (Fsp3) is 0.462. The average Bonchev–Trinajstić information content (AvgIpc) is 2.85. The Morgan fingerprint density at radius 3 is 3.00 bits per heavy atom. The third-order valence-corrected chi connectivity index (χ3v) is 3.27. The molecule has 1 heterocycles. The number of benzene rings is 1. The van der Waals surface area contributed by atoms with Gasteiger partial charge in [-0.15, -0.1) is 0 Å². The van der Waals surface area contributed by atoms with Crippen molar-refractivity contribution in [3.63, 3.8) is 0 Å². The van der Waals surface area contributed by atoms with Crippen molar-refractivity contribution >= 4 is 11.7 Å². The van der Waals surface area contributed by atoms with Crippen molar-refractivity contribution in [2.75, 3.05) is 18.5 Å². The summed E-state index contributed by atoms with van der Waals surface area (Å²) >= 11 is 0. The molecule has 1 fully saturated rings. The third kappa shape index (κ3) is 2.79. The summed E-state index contributed by atoms with van der Waals surface area (Å²) in [6.45, 7) is 3.34. The van der Waals surface area contributed by atoms with Gasteiger partial charge in [-0.1, -0.05) is 0 Å². The van der Waals surface area contributed by atoms with Gasteiger partial charge in [0.2, 0.25) is 0 Å². The number of hydrogen-bond acceptors (Lipinski definition) is 3. The van der Waals surface area contributed by atoms with Crippen LogP contribution in [0.15, 0.2) is 18.2 Å². The first-order valence-corrected chi connectivity index (χ1v) is 5.95. The normalized spacial score (nSPS) is 20.7. The van der Waals surface area contributed by atoms with Crippen molar-refractivity contribution in [2.24, 2.45) is 5.92 Å². The van der Waals surface area contributed by atoms with E-state index in [1.807, 2.05) is 6.92 Å². The Morgan fingerprint density at radius 1 is 1.61 bits per heavy atom. The monoisotopic (exact) mass is 253 g/mol. The number of anilines is 1. The molecular formula is C13H16FNO3. The highest BCUT2D eigenvalue weighted by Crippen LogP contribution is 2.23. The number of carboxylic acids is 1. The van der Waals surface area contributed by atoms with Gasteiger partial charge in [-0.05, 0) is 31.5 Å². The molecule has 1 aliphatic heterocycles. The summed E-state index contributed by atoms with van der Waals surface area (Å²) in [5.41, 5.74) is 0.308. The molecule has 2 atom stereocenters. The van der Waals surface area contributed by atoms with Crippen LogP contribution in [0.25, 0.3) is 0 Å². The highest BCUT2D eigenvalue weighted by atomic mass is 19.1.